The van der Waals surface area contributed by atoms with Gasteiger partial charge in [-0.1, -0.05) is 34.7 Å². The molecule has 0 spiro atoms. The van der Waals surface area contributed by atoms with Gasteiger partial charge in [0.15, 0.2) is 5.75 Å². The van der Waals surface area contributed by atoms with Gasteiger partial charge < -0.3 is 20.7 Å². The summed E-state index contributed by atoms with van der Waals surface area (Å²) in [6.45, 7) is 0. The maximum atomic E-state index is 11.1. The van der Waals surface area contributed by atoms with Gasteiger partial charge in [0.2, 0.25) is 0 Å². The maximum Gasteiger partial charge on any atom is 1.00 e. The van der Waals surface area contributed by atoms with E-state index in [2.05, 4.69) is 45.2 Å². The monoisotopic (exact) mass is 673 g/mol. The summed E-state index contributed by atoms with van der Waals surface area (Å²) < 4.78 is 7.17. The molecule has 0 amide bonds. The van der Waals surface area contributed by atoms with Gasteiger partial charge in [0.25, 0.3) is 0 Å². The minimum absolute atomic E-state index is 0. The second-order valence-electron chi connectivity index (χ2n) is 4.65. The molecule has 24 heavy (non-hydrogen) atoms. The Kier molecular flexibility index (Phi) is 9.57. The number of alkyl halides is 1. The average Bonchev–Trinajstić information content (AvgIpc) is 2.50. The van der Waals surface area contributed by atoms with Gasteiger partial charge in [0, 0.05) is 0 Å². The summed E-state index contributed by atoms with van der Waals surface area (Å²) in [5, 5.41) is 20.2. The molecule has 0 unspecified atom stereocenters. The molecule has 2 rings (SSSR count). The molecular formula is C15H11I3NNaO4. The third-order valence-electron chi connectivity index (χ3n) is 2.98. The summed E-state index contributed by atoms with van der Waals surface area (Å²) in [5.74, 6) is 0.127. The zero-order chi connectivity index (χ0) is 17.1. The van der Waals surface area contributed by atoms with Gasteiger partial charge in [0.1, 0.15) is 11.8 Å². The van der Waals surface area contributed by atoms with Gasteiger partial charge >= 0.3 is 35.5 Å². The van der Waals surface area contributed by atoms with Crippen molar-refractivity contribution in [1.82, 2.24) is 0 Å². The van der Waals surface area contributed by atoms with Crippen molar-refractivity contribution in [3.8, 4) is 17.2 Å². The van der Waals surface area contributed by atoms with Crippen LogP contribution < -0.4 is 45.1 Å². The Labute approximate surface area is 202 Å². The Morgan fingerprint density at radius 3 is 2.12 bits per heavy atom. The van der Waals surface area contributed by atoms with Crippen molar-refractivity contribution in [1.29, 1.82) is 0 Å². The van der Waals surface area contributed by atoms with Crippen LogP contribution in [-0.4, -0.2) is 17.1 Å². The number of hydrogen-bond donors (Lipinski definition) is 2. The first kappa shape index (κ1) is 22.7. The predicted molar refractivity (Wildman–Crippen MR) is 110 cm³/mol. The Balaban J connectivity index is 0.00000288. The molecule has 0 saturated heterocycles. The van der Waals surface area contributed by atoms with E-state index in [1.165, 1.54) is 12.1 Å². The van der Waals surface area contributed by atoms with E-state index < -0.39 is 12.0 Å². The normalized spacial score (nSPS) is 12.8. The van der Waals surface area contributed by atoms with Gasteiger partial charge in [-0.05, 0) is 75.0 Å². The number of halogens is 3. The van der Waals surface area contributed by atoms with Crippen LogP contribution in [0.5, 0.6) is 17.2 Å². The van der Waals surface area contributed by atoms with Crippen molar-refractivity contribution in [3.05, 3.63) is 49.1 Å². The van der Waals surface area contributed by atoms with E-state index in [9.17, 15) is 9.90 Å². The van der Waals surface area contributed by atoms with Crippen LogP contribution in [0.25, 0.3) is 0 Å². The predicted octanol–water partition coefficient (Wildman–Crippen LogP) is 0.654. The maximum absolute atomic E-state index is 11.1. The van der Waals surface area contributed by atoms with Gasteiger partial charge in [-0.15, -0.1) is 5.75 Å². The van der Waals surface area contributed by atoms with Crippen LogP contribution in [0, 0.1) is 7.14 Å². The molecule has 3 N–H and O–H groups in total. The molecule has 0 radical (unpaired) electrons. The summed E-state index contributed by atoms with van der Waals surface area (Å²) in [6, 6.07) is 8.86. The minimum atomic E-state index is -1.03. The third-order valence-corrected chi connectivity index (χ3v) is 6.08. The molecule has 2 atom stereocenters. The Hall–Kier alpha value is 0.660. The number of benzene rings is 2. The fourth-order valence-electron chi connectivity index (χ4n) is 1.79. The van der Waals surface area contributed by atoms with Crippen LogP contribution in [0.3, 0.4) is 0 Å². The molecule has 9 heteroatoms. The fourth-order valence-corrected chi connectivity index (χ4v) is 4.50. The minimum Gasteiger partial charge on any atom is -0.872 e. The quantitative estimate of drug-likeness (QED) is 0.277. The zero-order valence-corrected chi connectivity index (χ0v) is 21.0. The fraction of sp³-hybridized carbons (Fsp3) is 0.133. The van der Waals surface area contributed by atoms with Gasteiger partial charge in [-0.2, -0.15) is 0 Å². The molecule has 0 aliphatic heterocycles. The molecule has 0 fully saturated rings. The number of carbonyl (C=O) groups is 1. The third kappa shape index (κ3) is 5.84. The number of aliphatic carboxylic acids is 1. The number of ether oxygens (including phenoxy) is 1. The number of carboxylic acid groups (broad SMARTS) is 1. The molecule has 0 aliphatic carbocycles. The van der Waals surface area contributed by atoms with Crippen LogP contribution in [0.2, 0.25) is 0 Å². The van der Waals surface area contributed by atoms with Crippen molar-refractivity contribution in [3.63, 3.8) is 0 Å². The molecule has 122 valence electrons. The van der Waals surface area contributed by atoms with E-state index >= 15 is 0 Å². The summed E-state index contributed by atoms with van der Waals surface area (Å²) >= 11 is 6.31. The number of rotatable bonds is 5. The second kappa shape index (κ2) is 10.1. The topological polar surface area (TPSA) is 95.6 Å². The molecule has 0 bridgehead atoms. The average molecular weight is 673 g/mol. The summed E-state index contributed by atoms with van der Waals surface area (Å²) in [7, 11) is 0. The van der Waals surface area contributed by atoms with Crippen molar-refractivity contribution in [2.24, 2.45) is 5.73 Å². The van der Waals surface area contributed by atoms with E-state index in [4.69, 9.17) is 15.6 Å². The zero-order valence-electron chi connectivity index (χ0n) is 12.5. The molecule has 0 heterocycles. The van der Waals surface area contributed by atoms with E-state index in [0.29, 0.717) is 11.5 Å². The van der Waals surface area contributed by atoms with Crippen molar-refractivity contribution in [2.75, 3.05) is 0 Å². The molecular weight excluding hydrogens is 662 g/mol. The summed E-state index contributed by atoms with van der Waals surface area (Å²) in [6.07, 6.45) is 0. The molecule has 2 aromatic rings. The van der Waals surface area contributed by atoms with Crippen LogP contribution in [0.15, 0.2) is 36.4 Å². The molecule has 0 aliphatic rings. The van der Waals surface area contributed by atoms with Crippen LogP contribution in [-0.2, 0) is 4.79 Å². The summed E-state index contributed by atoms with van der Waals surface area (Å²) in [4.78, 5) is 11.0. The standard InChI is InChI=1S/C15H12I3NO4.Na/c16-10-5-7(12(18)13(19)15(21)22)6-11(17)14(10)23-9-3-1-8(20)2-4-9;/h1-6,12-13,20H,19H2,(H,21,22);/q;+1/p-1/t12-,13-;/m0./s1. The Morgan fingerprint density at radius 2 is 1.67 bits per heavy atom. The number of carboxylic acids is 1. The van der Waals surface area contributed by atoms with Crippen molar-refractivity contribution < 1.29 is 49.3 Å². The van der Waals surface area contributed by atoms with E-state index in [-0.39, 0.29) is 39.2 Å². The van der Waals surface area contributed by atoms with Gasteiger partial charge in [-0.25, -0.2) is 0 Å². The number of nitrogens with two attached hydrogens (primary N) is 1. The van der Waals surface area contributed by atoms with E-state index in [0.717, 1.165) is 12.7 Å². The smallest absolute Gasteiger partial charge is 0.872 e. The first-order valence-corrected chi connectivity index (χ1v) is 9.76. The molecule has 0 saturated carbocycles. The Bertz CT molecular complexity index is 704. The molecule has 2 aromatic carbocycles. The number of hydrogen-bond acceptors (Lipinski definition) is 4. The van der Waals surface area contributed by atoms with Crippen molar-refractivity contribution >= 4 is 73.7 Å². The van der Waals surface area contributed by atoms with E-state index in [1.54, 1.807) is 12.1 Å². The Morgan fingerprint density at radius 1 is 1.17 bits per heavy atom. The SMILES string of the molecule is N[C@H](C(=O)O)[C@@H](I)c1cc(I)c(Oc2ccc([O-])cc2)c(I)c1.[Na+]. The first-order valence-electron chi connectivity index (χ1n) is 6.36. The second-order valence-corrected chi connectivity index (χ2v) is 8.32. The van der Waals surface area contributed by atoms with Gasteiger partial charge in [-0.3, -0.25) is 4.79 Å². The first-order chi connectivity index (χ1) is 10.8. The molecule has 5 nitrogen and oxygen atoms in total. The summed E-state index contributed by atoms with van der Waals surface area (Å²) in [5.41, 5.74) is 6.53. The molecule has 0 aromatic heterocycles. The van der Waals surface area contributed by atoms with Gasteiger partial charge in [0.05, 0.1) is 11.1 Å². The van der Waals surface area contributed by atoms with E-state index in [1.807, 2.05) is 34.7 Å². The van der Waals surface area contributed by atoms with Crippen molar-refractivity contribution in [2.45, 2.75) is 9.97 Å². The van der Waals surface area contributed by atoms with Crippen LogP contribution in [0.1, 0.15) is 9.49 Å². The largest absolute Gasteiger partial charge is 1.00 e. The van der Waals surface area contributed by atoms with Crippen LogP contribution in [0.4, 0.5) is 0 Å². The van der Waals surface area contributed by atoms with Crippen LogP contribution >= 0.6 is 67.8 Å².